The molecule has 0 spiro atoms. The second-order valence-electron chi connectivity index (χ2n) is 7.03. The summed E-state index contributed by atoms with van der Waals surface area (Å²) in [6.07, 6.45) is 5.24. The van der Waals surface area contributed by atoms with E-state index in [-0.39, 0.29) is 17.5 Å². The molecule has 0 aromatic heterocycles. The van der Waals surface area contributed by atoms with Crippen LogP contribution in [0.1, 0.15) is 43.7 Å². The topological polar surface area (TPSA) is 67.6 Å². The van der Waals surface area contributed by atoms with E-state index >= 15 is 0 Å². The fourth-order valence-electron chi connectivity index (χ4n) is 4.08. The van der Waals surface area contributed by atoms with Crippen molar-refractivity contribution in [2.45, 2.75) is 43.7 Å². The standard InChI is InChI=1S/C19H29N3O2/c20-17(16-6-2-1-3-7-16)15-21-18(23)14-19(8-4-5-9-19)22-10-12-24-13-11-22/h1-3,6-7,17H,4-5,8-15,20H2,(H,21,23). The molecule has 3 N–H and O–H groups in total. The minimum Gasteiger partial charge on any atom is -0.379 e. The summed E-state index contributed by atoms with van der Waals surface area (Å²) >= 11 is 0. The van der Waals surface area contributed by atoms with Crippen LogP contribution in [0, 0.1) is 0 Å². The van der Waals surface area contributed by atoms with E-state index in [9.17, 15) is 4.79 Å². The third kappa shape index (κ3) is 4.15. The van der Waals surface area contributed by atoms with Gasteiger partial charge >= 0.3 is 0 Å². The van der Waals surface area contributed by atoms with Crippen LogP contribution in [0.2, 0.25) is 0 Å². The third-order valence-electron chi connectivity index (χ3n) is 5.45. The number of nitrogens with one attached hydrogen (secondary N) is 1. The highest BCUT2D eigenvalue weighted by atomic mass is 16.5. The number of hydrogen-bond donors (Lipinski definition) is 2. The smallest absolute Gasteiger partial charge is 0.221 e. The van der Waals surface area contributed by atoms with Crippen LogP contribution < -0.4 is 11.1 Å². The molecule has 1 unspecified atom stereocenters. The number of nitrogens with two attached hydrogens (primary N) is 1. The van der Waals surface area contributed by atoms with Crippen LogP contribution >= 0.6 is 0 Å². The second kappa shape index (κ2) is 8.10. The van der Waals surface area contributed by atoms with Gasteiger partial charge in [-0.2, -0.15) is 0 Å². The summed E-state index contributed by atoms with van der Waals surface area (Å²) in [4.78, 5) is 15.0. The fraction of sp³-hybridized carbons (Fsp3) is 0.632. The minimum atomic E-state index is -0.155. The molecule has 2 aliphatic rings. The van der Waals surface area contributed by atoms with Gasteiger partial charge in [-0.25, -0.2) is 0 Å². The summed E-state index contributed by atoms with van der Waals surface area (Å²) in [5.74, 6) is 0.120. The first kappa shape index (κ1) is 17.4. The number of carbonyl (C=O) groups excluding carboxylic acids is 1. The molecule has 1 aromatic carbocycles. The van der Waals surface area contributed by atoms with Crippen LogP contribution in [0.3, 0.4) is 0 Å². The van der Waals surface area contributed by atoms with Crippen molar-refractivity contribution in [2.24, 2.45) is 5.73 Å². The largest absolute Gasteiger partial charge is 0.379 e. The number of rotatable bonds is 6. The molecule has 1 atom stereocenters. The highest BCUT2D eigenvalue weighted by Gasteiger charge is 2.41. The fourth-order valence-corrected chi connectivity index (χ4v) is 4.08. The Kier molecular flexibility index (Phi) is 5.87. The molecule has 1 saturated carbocycles. The number of morpholine rings is 1. The van der Waals surface area contributed by atoms with Crippen molar-refractivity contribution < 1.29 is 9.53 Å². The molecular weight excluding hydrogens is 302 g/mol. The molecule has 1 aliphatic heterocycles. The Morgan fingerprint density at radius 3 is 2.54 bits per heavy atom. The molecule has 5 nitrogen and oxygen atoms in total. The molecule has 0 radical (unpaired) electrons. The Hall–Kier alpha value is -1.43. The van der Waals surface area contributed by atoms with Gasteiger partial charge in [0.25, 0.3) is 0 Å². The number of hydrogen-bond acceptors (Lipinski definition) is 4. The van der Waals surface area contributed by atoms with E-state index in [1.165, 1.54) is 12.8 Å². The summed E-state index contributed by atoms with van der Waals surface area (Å²) in [7, 11) is 0. The molecule has 0 bridgehead atoms. The van der Waals surface area contributed by atoms with Crippen LogP contribution in [0.5, 0.6) is 0 Å². The Bertz CT molecular complexity index is 523. The highest BCUT2D eigenvalue weighted by Crippen LogP contribution is 2.38. The number of nitrogens with zero attached hydrogens (tertiary/aromatic N) is 1. The first-order valence-corrected chi connectivity index (χ1v) is 9.10. The molecule has 5 heteroatoms. The zero-order valence-electron chi connectivity index (χ0n) is 14.4. The molecule has 2 fully saturated rings. The molecule has 1 heterocycles. The Balaban J connectivity index is 1.54. The van der Waals surface area contributed by atoms with Crippen LogP contribution in [-0.2, 0) is 9.53 Å². The lowest BCUT2D eigenvalue weighted by Gasteiger charge is -2.43. The monoisotopic (exact) mass is 331 g/mol. The molecule has 1 aliphatic carbocycles. The predicted molar refractivity (Wildman–Crippen MR) is 94.6 cm³/mol. The predicted octanol–water partition coefficient (Wildman–Crippen LogP) is 1.84. The number of amides is 1. The van der Waals surface area contributed by atoms with Crippen molar-refractivity contribution in [2.75, 3.05) is 32.8 Å². The maximum Gasteiger partial charge on any atom is 0.221 e. The minimum absolute atomic E-state index is 0.0324. The van der Waals surface area contributed by atoms with E-state index in [4.69, 9.17) is 10.5 Å². The molecule has 132 valence electrons. The number of benzene rings is 1. The Labute approximate surface area is 144 Å². The first-order chi connectivity index (χ1) is 11.7. The van der Waals surface area contributed by atoms with Gasteiger partial charge in [0.1, 0.15) is 0 Å². The van der Waals surface area contributed by atoms with Crippen molar-refractivity contribution in [1.82, 2.24) is 10.2 Å². The van der Waals surface area contributed by atoms with Gasteiger partial charge < -0.3 is 15.8 Å². The number of ether oxygens (including phenoxy) is 1. The normalized spacial score (nSPS) is 22.2. The van der Waals surface area contributed by atoms with Gasteiger partial charge in [0.15, 0.2) is 0 Å². The summed E-state index contributed by atoms with van der Waals surface area (Å²) in [6, 6.07) is 9.77. The second-order valence-corrected chi connectivity index (χ2v) is 7.03. The summed E-state index contributed by atoms with van der Waals surface area (Å²) in [5.41, 5.74) is 7.27. The molecule has 24 heavy (non-hydrogen) atoms. The van der Waals surface area contributed by atoms with Crippen LogP contribution in [0.15, 0.2) is 30.3 Å². The van der Waals surface area contributed by atoms with Gasteiger partial charge in [0.2, 0.25) is 5.91 Å². The zero-order chi connectivity index (χ0) is 16.8. The van der Waals surface area contributed by atoms with Gasteiger partial charge in [-0.1, -0.05) is 43.2 Å². The van der Waals surface area contributed by atoms with E-state index in [0.717, 1.165) is 44.7 Å². The molecule has 1 aromatic rings. The maximum atomic E-state index is 12.6. The van der Waals surface area contributed by atoms with E-state index in [1.54, 1.807) is 0 Å². The lowest BCUT2D eigenvalue weighted by atomic mass is 9.90. The van der Waals surface area contributed by atoms with Crippen molar-refractivity contribution >= 4 is 5.91 Å². The Morgan fingerprint density at radius 1 is 1.21 bits per heavy atom. The molecular formula is C19H29N3O2. The third-order valence-corrected chi connectivity index (χ3v) is 5.45. The molecule has 1 amide bonds. The summed E-state index contributed by atoms with van der Waals surface area (Å²) in [5, 5.41) is 3.05. The van der Waals surface area contributed by atoms with Crippen molar-refractivity contribution in [3.05, 3.63) is 35.9 Å². The van der Waals surface area contributed by atoms with Gasteiger partial charge in [0.05, 0.1) is 13.2 Å². The number of carbonyl (C=O) groups is 1. The highest BCUT2D eigenvalue weighted by molar-refractivity contribution is 5.77. The van der Waals surface area contributed by atoms with Crippen molar-refractivity contribution in [3.63, 3.8) is 0 Å². The van der Waals surface area contributed by atoms with Crippen molar-refractivity contribution in [1.29, 1.82) is 0 Å². The van der Waals surface area contributed by atoms with Crippen LogP contribution in [0.4, 0.5) is 0 Å². The van der Waals surface area contributed by atoms with Gasteiger partial charge in [-0.3, -0.25) is 9.69 Å². The lowest BCUT2D eigenvalue weighted by Crippen LogP contribution is -2.54. The van der Waals surface area contributed by atoms with E-state index in [0.29, 0.717) is 13.0 Å². The van der Waals surface area contributed by atoms with Crippen LogP contribution in [0.25, 0.3) is 0 Å². The SMILES string of the molecule is NC(CNC(=O)CC1(N2CCOCC2)CCCC1)c1ccccc1. The van der Waals surface area contributed by atoms with E-state index in [1.807, 2.05) is 30.3 Å². The Morgan fingerprint density at radius 2 is 1.88 bits per heavy atom. The zero-order valence-corrected chi connectivity index (χ0v) is 14.4. The lowest BCUT2D eigenvalue weighted by molar-refractivity contribution is -0.125. The summed E-state index contributed by atoms with van der Waals surface area (Å²) in [6.45, 7) is 3.93. The van der Waals surface area contributed by atoms with Crippen molar-refractivity contribution in [3.8, 4) is 0 Å². The quantitative estimate of drug-likeness (QED) is 0.835. The van der Waals surface area contributed by atoms with Gasteiger partial charge in [-0.05, 0) is 18.4 Å². The maximum absolute atomic E-state index is 12.6. The average molecular weight is 331 g/mol. The van der Waals surface area contributed by atoms with Gasteiger partial charge in [-0.15, -0.1) is 0 Å². The van der Waals surface area contributed by atoms with Crippen LogP contribution in [-0.4, -0.2) is 49.2 Å². The molecule has 3 rings (SSSR count). The van der Waals surface area contributed by atoms with Gasteiger partial charge in [0, 0.05) is 37.6 Å². The summed E-state index contributed by atoms with van der Waals surface area (Å²) < 4.78 is 5.48. The van der Waals surface area contributed by atoms with E-state index in [2.05, 4.69) is 10.2 Å². The van der Waals surface area contributed by atoms with E-state index < -0.39 is 0 Å². The average Bonchev–Trinajstić information content (AvgIpc) is 3.11. The molecule has 1 saturated heterocycles. The first-order valence-electron chi connectivity index (χ1n) is 9.10.